The van der Waals surface area contributed by atoms with Gasteiger partial charge in [0.05, 0.1) is 16.3 Å². The fourth-order valence-electron chi connectivity index (χ4n) is 2.47. The maximum Gasteiger partial charge on any atom is 0.341 e. The van der Waals surface area contributed by atoms with E-state index in [2.05, 4.69) is 15.8 Å². The van der Waals surface area contributed by atoms with E-state index in [0.29, 0.717) is 16.3 Å². The highest BCUT2D eigenvalue weighted by Gasteiger charge is 2.24. The van der Waals surface area contributed by atoms with E-state index in [-0.39, 0.29) is 16.5 Å². The number of carboxylic acid groups (broad SMARTS) is 1. The van der Waals surface area contributed by atoms with Crippen molar-refractivity contribution in [1.82, 2.24) is 10.7 Å². The molecule has 0 radical (unpaired) electrons. The average Bonchev–Trinajstić information content (AvgIpc) is 2.72. The second-order valence-electron chi connectivity index (χ2n) is 6.81. The molecule has 10 heteroatoms. The maximum absolute atomic E-state index is 12.5. The summed E-state index contributed by atoms with van der Waals surface area (Å²) in [5.74, 6) is -1.92. The van der Waals surface area contributed by atoms with Crippen LogP contribution in [0.4, 0.5) is 0 Å². The number of carboxylic acids is 1. The van der Waals surface area contributed by atoms with Crippen LogP contribution in [0.15, 0.2) is 47.6 Å². The molecule has 0 bridgehead atoms. The number of benzene rings is 2. The Morgan fingerprint density at radius 2 is 1.87 bits per heavy atom. The number of rotatable bonds is 9. The molecule has 0 saturated carbocycles. The number of ether oxygens (including phenoxy) is 1. The first-order valence-corrected chi connectivity index (χ1v) is 9.96. The Balaban J connectivity index is 2.00. The zero-order valence-corrected chi connectivity index (χ0v) is 18.3. The number of hydrogen-bond acceptors (Lipinski definition) is 5. The Kier molecular flexibility index (Phi) is 8.84. The van der Waals surface area contributed by atoms with Gasteiger partial charge in [0.1, 0.15) is 11.8 Å². The van der Waals surface area contributed by atoms with E-state index in [1.807, 2.05) is 0 Å². The first kappa shape index (κ1) is 24.2. The molecule has 0 aliphatic carbocycles. The van der Waals surface area contributed by atoms with Crippen LogP contribution in [0.25, 0.3) is 0 Å². The van der Waals surface area contributed by atoms with Gasteiger partial charge < -0.3 is 15.2 Å². The first-order chi connectivity index (χ1) is 14.7. The molecule has 164 valence electrons. The number of aliphatic carboxylic acids is 1. The first-order valence-electron chi connectivity index (χ1n) is 9.21. The van der Waals surface area contributed by atoms with Gasteiger partial charge in [-0.25, -0.2) is 10.2 Å². The number of hydrazone groups is 1. The molecule has 2 amide bonds. The predicted molar refractivity (Wildman–Crippen MR) is 118 cm³/mol. The van der Waals surface area contributed by atoms with Gasteiger partial charge in [-0.05, 0) is 41.8 Å². The zero-order chi connectivity index (χ0) is 23.0. The molecule has 2 rings (SSSR count). The van der Waals surface area contributed by atoms with Gasteiger partial charge in [0, 0.05) is 5.56 Å². The van der Waals surface area contributed by atoms with E-state index in [1.165, 1.54) is 24.4 Å². The van der Waals surface area contributed by atoms with E-state index in [1.54, 1.807) is 38.1 Å². The molecule has 2 aromatic carbocycles. The second kappa shape index (κ2) is 11.3. The normalized spacial score (nSPS) is 11.9. The van der Waals surface area contributed by atoms with Crippen LogP contribution in [0.3, 0.4) is 0 Å². The van der Waals surface area contributed by atoms with E-state index in [4.69, 9.17) is 33.0 Å². The number of carbonyl (C=O) groups excluding carboxylic acids is 2. The quantitative estimate of drug-likeness (QED) is 0.387. The van der Waals surface area contributed by atoms with Gasteiger partial charge >= 0.3 is 5.97 Å². The maximum atomic E-state index is 12.5. The number of carbonyl (C=O) groups is 3. The number of nitrogens with zero attached hydrogens (tertiary/aromatic N) is 1. The van der Waals surface area contributed by atoms with Gasteiger partial charge in [-0.15, -0.1) is 0 Å². The average molecular weight is 466 g/mol. The van der Waals surface area contributed by atoms with Crippen molar-refractivity contribution in [3.63, 3.8) is 0 Å². The molecule has 0 aromatic heterocycles. The van der Waals surface area contributed by atoms with Crippen molar-refractivity contribution < 1.29 is 24.2 Å². The lowest BCUT2D eigenvalue weighted by molar-refractivity contribution is -0.139. The molecule has 0 aliphatic rings. The SMILES string of the molecule is CC(C)C(NC(=O)c1ccc(Cl)c(Cl)c1)C(=O)N/N=C/c1cccc(OCC(=O)O)c1. The number of nitrogens with one attached hydrogen (secondary N) is 2. The fraction of sp³-hybridized carbons (Fsp3) is 0.238. The number of hydrogen-bond donors (Lipinski definition) is 3. The van der Waals surface area contributed by atoms with Crippen molar-refractivity contribution in [1.29, 1.82) is 0 Å². The van der Waals surface area contributed by atoms with E-state index in [9.17, 15) is 14.4 Å². The van der Waals surface area contributed by atoms with Gasteiger partial charge in [-0.3, -0.25) is 9.59 Å². The highest BCUT2D eigenvalue weighted by Crippen LogP contribution is 2.22. The zero-order valence-electron chi connectivity index (χ0n) is 16.8. The monoisotopic (exact) mass is 465 g/mol. The summed E-state index contributed by atoms with van der Waals surface area (Å²) < 4.78 is 5.09. The minimum Gasteiger partial charge on any atom is -0.482 e. The summed E-state index contributed by atoms with van der Waals surface area (Å²) in [6.45, 7) is 3.10. The van der Waals surface area contributed by atoms with Crippen molar-refractivity contribution in [2.24, 2.45) is 11.0 Å². The summed E-state index contributed by atoms with van der Waals surface area (Å²) in [6.07, 6.45) is 1.38. The molecular weight excluding hydrogens is 445 g/mol. The predicted octanol–water partition coefficient (Wildman–Crippen LogP) is 3.36. The van der Waals surface area contributed by atoms with Crippen LogP contribution in [0.5, 0.6) is 5.75 Å². The van der Waals surface area contributed by atoms with Gasteiger partial charge in [0.25, 0.3) is 11.8 Å². The smallest absolute Gasteiger partial charge is 0.341 e. The molecule has 31 heavy (non-hydrogen) atoms. The van der Waals surface area contributed by atoms with Crippen LogP contribution >= 0.6 is 23.2 Å². The Hall–Kier alpha value is -3.10. The lowest BCUT2D eigenvalue weighted by Crippen LogP contribution is -2.48. The molecule has 0 aliphatic heterocycles. The van der Waals surface area contributed by atoms with Crippen LogP contribution in [0.1, 0.15) is 29.8 Å². The van der Waals surface area contributed by atoms with Crippen molar-refractivity contribution in [2.75, 3.05) is 6.61 Å². The third kappa shape index (κ3) is 7.58. The standard InChI is InChI=1S/C21H21Cl2N3O5/c1-12(2)19(25-20(29)14-6-7-16(22)17(23)9-14)21(30)26-24-10-13-4-3-5-15(8-13)31-11-18(27)28/h3-10,12,19H,11H2,1-2H3,(H,25,29)(H,26,30)(H,27,28)/b24-10+. The largest absolute Gasteiger partial charge is 0.482 e. The minimum absolute atomic E-state index is 0.213. The molecule has 8 nitrogen and oxygen atoms in total. The van der Waals surface area contributed by atoms with Crippen molar-refractivity contribution in [3.05, 3.63) is 63.6 Å². The van der Waals surface area contributed by atoms with Crippen molar-refractivity contribution >= 4 is 47.2 Å². The summed E-state index contributed by atoms with van der Waals surface area (Å²) in [4.78, 5) is 35.6. The van der Waals surface area contributed by atoms with Crippen LogP contribution in [0.2, 0.25) is 10.0 Å². The molecule has 2 aromatic rings. The Bertz CT molecular complexity index is 995. The molecule has 1 atom stereocenters. The van der Waals surface area contributed by atoms with Crippen LogP contribution in [-0.2, 0) is 9.59 Å². The topological polar surface area (TPSA) is 117 Å². The van der Waals surface area contributed by atoms with Crippen LogP contribution in [-0.4, -0.2) is 41.8 Å². The molecular formula is C21H21Cl2N3O5. The molecule has 0 saturated heterocycles. The molecule has 0 fully saturated rings. The summed E-state index contributed by atoms with van der Waals surface area (Å²) in [7, 11) is 0. The molecule has 1 unspecified atom stereocenters. The lowest BCUT2D eigenvalue weighted by Gasteiger charge is -2.20. The van der Waals surface area contributed by atoms with Gasteiger partial charge in [-0.1, -0.05) is 49.2 Å². The summed E-state index contributed by atoms with van der Waals surface area (Å²) in [5, 5.41) is 15.8. The van der Waals surface area contributed by atoms with Crippen LogP contribution in [0, 0.1) is 5.92 Å². The van der Waals surface area contributed by atoms with E-state index < -0.39 is 30.4 Å². The highest BCUT2D eigenvalue weighted by molar-refractivity contribution is 6.42. The minimum atomic E-state index is -1.09. The Morgan fingerprint density at radius 3 is 2.52 bits per heavy atom. The third-order valence-electron chi connectivity index (χ3n) is 4.03. The summed E-state index contributed by atoms with van der Waals surface area (Å²) in [6, 6.07) is 10.1. The fourth-order valence-corrected chi connectivity index (χ4v) is 2.76. The van der Waals surface area contributed by atoms with Crippen molar-refractivity contribution in [3.8, 4) is 5.75 Å². The second-order valence-corrected chi connectivity index (χ2v) is 7.63. The van der Waals surface area contributed by atoms with E-state index in [0.717, 1.165) is 0 Å². The number of amides is 2. The highest BCUT2D eigenvalue weighted by atomic mass is 35.5. The van der Waals surface area contributed by atoms with Crippen LogP contribution < -0.4 is 15.5 Å². The summed E-state index contributed by atoms with van der Waals surface area (Å²) >= 11 is 11.8. The third-order valence-corrected chi connectivity index (χ3v) is 4.77. The Labute approximate surface area is 189 Å². The van der Waals surface area contributed by atoms with E-state index >= 15 is 0 Å². The van der Waals surface area contributed by atoms with Crippen molar-refractivity contribution in [2.45, 2.75) is 19.9 Å². The molecule has 0 spiro atoms. The molecule has 3 N–H and O–H groups in total. The van der Waals surface area contributed by atoms with Gasteiger partial charge in [0.2, 0.25) is 0 Å². The molecule has 0 heterocycles. The number of halogens is 2. The van der Waals surface area contributed by atoms with Gasteiger partial charge in [-0.2, -0.15) is 5.10 Å². The summed E-state index contributed by atoms with van der Waals surface area (Å²) in [5.41, 5.74) is 3.25. The lowest BCUT2D eigenvalue weighted by atomic mass is 10.0. The van der Waals surface area contributed by atoms with Gasteiger partial charge in [0.15, 0.2) is 6.61 Å². The Morgan fingerprint density at radius 1 is 1.13 bits per heavy atom.